The van der Waals surface area contributed by atoms with Crippen LogP contribution in [-0.4, -0.2) is 55.1 Å². The van der Waals surface area contributed by atoms with E-state index in [-0.39, 0.29) is 0 Å². The zero-order valence-corrected chi connectivity index (χ0v) is 12.3. The molecule has 106 valence electrons. The van der Waals surface area contributed by atoms with Crippen LogP contribution in [0.3, 0.4) is 0 Å². The number of hydrogen-bond acceptors (Lipinski definition) is 3. The summed E-state index contributed by atoms with van der Waals surface area (Å²) in [7, 11) is 0. The fourth-order valence-electron chi connectivity index (χ4n) is 3.31. The number of nitrogens with zero attached hydrogens (tertiary/aromatic N) is 2. The molecule has 18 heavy (non-hydrogen) atoms. The fourth-order valence-corrected chi connectivity index (χ4v) is 3.31. The Morgan fingerprint density at radius 3 is 2.28 bits per heavy atom. The third-order valence-electron chi connectivity index (χ3n) is 5.43. The van der Waals surface area contributed by atoms with Gasteiger partial charge >= 0.3 is 0 Å². The molecular weight excluding hydrogens is 222 g/mol. The molecule has 3 nitrogen and oxygen atoms in total. The number of rotatable bonds is 6. The molecule has 2 N–H and O–H groups in total. The van der Waals surface area contributed by atoms with Crippen LogP contribution in [0.1, 0.15) is 46.0 Å². The lowest BCUT2D eigenvalue weighted by Crippen LogP contribution is -2.50. The summed E-state index contributed by atoms with van der Waals surface area (Å²) in [6.07, 6.45) is 6.74. The lowest BCUT2D eigenvalue weighted by Gasteiger charge is -2.44. The molecule has 0 aromatic rings. The highest BCUT2D eigenvalue weighted by Gasteiger charge is 2.35. The normalized spacial score (nSPS) is 26.8. The van der Waals surface area contributed by atoms with Crippen LogP contribution in [0.15, 0.2) is 0 Å². The molecule has 0 spiro atoms. The predicted octanol–water partition coefficient (Wildman–Crippen LogP) is 1.92. The van der Waals surface area contributed by atoms with Gasteiger partial charge in [0.25, 0.3) is 0 Å². The van der Waals surface area contributed by atoms with Crippen molar-refractivity contribution < 1.29 is 0 Å². The van der Waals surface area contributed by atoms with Gasteiger partial charge in [0.05, 0.1) is 0 Å². The number of hydrogen-bond donors (Lipinski definition) is 1. The molecule has 3 heteroatoms. The van der Waals surface area contributed by atoms with Crippen molar-refractivity contribution in [3.05, 3.63) is 0 Å². The van der Waals surface area contributed by atoms with Crippen LogP contribution in [0.25, 0.3) is 0 Å². The van der Waals surface area contributed by atoms with Crippen molar-refractivity contribution >= 4 is 0 Å². The van der Waals surface area contributed by atoms with Crippen molar-refractivity contribution in [2.75, 3.05) is 39.3 Å². The molecule has 1 unspecified atom stereocenters. The van der Waals surface area contributed by atoms with Crippen LogP contribution < -0.4 is 5.73 Å². The Hall–Kier alpha value is -0.120. The highest BCUT2D eigenvalue weighted by atomic mass is 15.3. The van der Waals surface area contributed by atoms with Crippen LogP contribution in [0, 0.1) is 5.41 Å². The fraction of sp³-hybridized carbons (Fsp3) is 1.00. The van der Waals surface area contributed by atoms with Gasteiger partial charge in [0.1, 0.15) is 0 Å². The van der Waals surface area contributed by atoms with Crippen LogP contribution in [0.4, 0.5) is 0 Å². The van der Waals surface area contributed by atoms with Gasteiger partial charge in [-0.15, -0.1) is 0 Å². The van der Waals surface area contributed by atoms with E-state index >= 15 is 0 Å². The average Bonchev–Trinajstić information content (AvgIpc) is 2.38. The van der Waals surface area contributed by atoms with E-state index in [0.717, 1.165) is 12.6 Å². The molecule has 0 bridgehead atoms. The van der Waals surface area contributed by atoms with Gasteiger partial charge in [-0.2, -0.15) is 0 Å². The standard InChI is InChI=1S/C15H31N3/c1-3-14(2)18-11-9-17(10-12-18)8-7-15(13-16)5-4-6-15/h14H,3-13,16H2,1-2H3. The SMILES string of the molecule is CCC(C)N1CCN(CCC2(CN)CCC2)CC1. The molecule has 2 fully saturated rings. The van der Waals surface area contributed by atoms with Gasteiger partial charge in [-0.3, -0.25) is 4.90 Å². The third-order valence-corrected chi connectivity index (χ3v) is 5.43. The molecule has 2 rings (SSSR count). The summed E-state index contributed by atoms with van der Waals surface area (Å²) < 4.78 is 0. The van der Waals surface area contributed by atoms with E-state index in [4.69, 9.17) is 5.73 Å². The predicted molar refractivity (Wildman–Crippen MR) is 77.7 cm³/mol. The van der Waals surface area contributed by atoms with Crippen LogP contribution in [0.5, 0.6) is 0 Å². The number of piperazine rings is 1. The Morgan fingerprint density at radius 2 is 1.83 bits per heavy atom. The molecule has 0 aromatic carbocycles. The maximum Gasteiger partial charge on any atom is 0.0113 e. The summed E-state index contributed by atoms with van der Waals surface area (Å²) >= 11 is 0. The second-order valence-corrected chi connectivity index (χ2v) is 6.44. The highest BCUT2D eigenvalue weighted by Crippen LogP contribution is 2.42. The van der Waals surface area contributed by atoms with Crippen LogP contribution in [0.2, 0.25) is 0 Å². The summed E-state index contributed by atoms with van der Waals surface area (Å²) in [4.78, 5) is 5.28. The third kappa shape index (κ3) is 3.25. The second kappa shape index (κ2) is 6.36. The van der Waals surface area contributed by atoms with E-state index in [1.807, 2.05) is 0 Å². The zero-order chi connectivity index (χ0) is 13.0. The molecule has 0 radical (unpaired) electrons. The first-order chi connectivity index (χ1) is 8.69. The van der Waals surface area contributed by atoms with E-state index in [0.29, 0.717) is 5.41 Å². The Morgan fingerprint density at radius 1 is 1.17 bits per heavy atom. The van der Waals surface area contributed by atoms with Gasteiger partial charge in [-0.1, -0.05) is 13.3 Å². The van der Waals surface area contributed by atoms with Gasteiger partial charge in [-0.25, -0.2) is 0 Å². The Balaban J connectivity index is 1.67. The smallest absolute Gasteiger partial charge is 0.0113 e. The van der Waals surface area contributed by atoms with E-state index in [1.165, 1.54) is 64.8 Å². The Kier molecular flexibility index (Phi) is 5.05. The molecule has 1 aliphatic carbocycles. The quantitative estimate of drug-likeness (QED) is 0.785. The Bertz CT molecular complexity index is 237. The Labute approximate surface area is 113 Å². The zero-order valence-electron chi connectivity index (χ0n) is 12.3. The second-order valence-electron chi connectivity index (χ2n) is 6.44. The van der Waals surface area contributed by atoms with Crippen molar-refractivity contribution in [1.29, 1.82) is 0 Å². The summed E-state index contributed by atoms with van der Waals surface area (Å²) in [6, 6.07) is 0.758. The molecule has 0 aromatic heterocycles. The highest BCUT2D eigenvalue weighted by molar-refractivity contribution is 4.89. The molecular formula is C15H31N3. The molecule has 2 aliphatic rings. The molecule has 1 atom stereocenters. The van der Waals surface area contributed by atoms with Crippen LogP contribution in [-0.2, 0) is 0 Å². The van der Waals surface area contributed by atoms with Gasteiger partial charge in [-0.05, 0) is 51.1 Å². The summed E-state index contributed by atoms with van der Waals surface area (Å²) in [5, 5.41) is 0. The molecule has 1 heterocycles. The minimum atomic E-state index is 0.522. The first kappa shape index (κ1) is 14.3. The van der Waals surface area contributed by atoms with Crippen molar-refractivity contribution in [1.82, 2.24) is 9.80 Å². The van der Waals surface area contributed by atoms with Crippen molar-refractivity contribution in [3.8, 4) is 0 Å². The summed E-state index contributed by atoms with van der Waals surface area (Å²) in [6.45, 7) is 11.8. The van der Waals surface area contributed by atoms with E-state index in [2.05, 4.69) is 23.6 Å². The molecule has 0 amide bonds. The van der Waals surface area contributed by atoms with Gasteiger partial charge in [0.15, 0.2) is 0 Å². The minimum absolute atomic E-state index is 0.522. The van der Waals surface area contributed by atoms with Crippen molar-refractivity contribution in [2.45, 2.75) is 52.0 Å². The monoisotopic (exact) mass is 253 g/mol. The van der Waals surface area contributed by atoms with Crippen molar-refractivity contribution in [3.63, 3.8) is 0 Å². The van der Waals surface area contributed by atoms with Crippen LogP contribution >= 0.6 is 0 Å². The lowest BCUT2D eigenvalue weighted by molar-refractivity contribution is 0.0676. The first-order valence-corrected chi connectivity index (χ1v) is 7.85. The molecule has 1 saturated heterocycles. The maximum atomic E-state index is 5.94. The average molecular weight is 253 g/mol. The largest absolute Gasteiger partial charge is 0.330 e. The van der Waals surface area contributed by atoms with Gasteiger partial charge in [0, 0.05) is 32.2 Å². The van der Waals surface area contributed by atoms with Gasteiger partial charge in [0.2, 0.25) is 0 Å². The van der Waals surface area contributed by atoms with E-state index in [1.54, 1.807) is 0 Å². The van der Waals surface area contributed by atoms with E-state index in [9.17, 15) is 0 Å². The molecule has 1 aliphatic heterocycles. The first-order valence-electron chi connectivity index (χ1n) is 7.85. The summed E-state index contributed by atoms with van der Waals surface area (Å²) in [5.74, 6) is 0. The van der Waals surface area contributed by atoms with Gasteiger partial charge < -0.3 is 10.6 Å². The minimum Gasteiger partial charge on any atom is -0.330 e. The van der Waals surface area contributed by atoms with E-state index < -0.39 is 0 Å². The number of nitrogens with two attached hydrogens (primary N) is 1. The van der Waals surface area contributed by atoms with Crippen molar-refractivity contribution in [2.24, 2.45) is 11.1 Å². The maximum absolute atomic E-state index is 5.94. The topological polar surface area (TPSA) is 32.5 Å². The summed E-state index contributed by atoms with van der Waals surface area (Å²) in [5.41, 5.74) is 6.46. The lowest BCUT2D eigenvalue weighted by atomic mass is 9.66. The molecule has 1 saturated carbocycles.